The maximum atomic E-state index is 12.6. The lowest BCUT2D eigenvalue weighted by Crippen LogP contribution is -2.14. The molecule has 2 N–H and O–H groups in total. The Morgan fingerprint density at radius 1 is 1.15 bits per heavy atom. The van der Waals surface area contributed by atoms with Crippen LogP contribution in [0.15, 0.2) is 46.9 Å². The Labute approximate surface area is 155 Å². The normalized spacial score (nSPS) is 10.8. The molecule has 0 bridgehead atoms. The SMILES string of the molecule is CCCCc1ccc(C(=O)Nc2c(C(=O)O)oc3ccc(Cl)cc23)cc1. The largest absolute Gasteiger partial charge is 0.475 e. The Bertz CT molecular complexity index is 960. The van der Waals surface area contributed by atoms with Gasteiger partial charge in [0.05, 0.1) is 0 Å². The summed E-state index contributed by atoms with van der Waals surface area (Å²) < 4.78 is 5.34. The molecule has 0 atom stereocenters. The lowest BCUT2D eigenvalue weighted by Gasteiger charge is -2.06. The highest BCUT2D eigenvalue weighted by Crippen LogP contribution is 2.33. The molecule has 2 aromatic carbocycles. The predicted molar refractivity (Wildman–Crippen MR) is 101 cm³/mol. The summed E-state index contributed by atoms with van der Waals surface area (Å²) in [5.41, 5.74) is 2.06. The first-order chi connectivity index (χ1) is 12.5. The zero-order valence-electron chi connectivity index (χ0n) is 14.2. The summed E-state index contributed by atoms with van der Waals surface area (Å²) in [7, 11) is 0. The van der Waals surface area contributed by atoms with Gasteiger partial charge in [0.1, 0.15) is 11.3 Å². The van der Waals surface area contributed by atoms with Gasteiger partial charge in [-0.1, -0.05) is 37.1 Å². The van der Waals surface area contributed by atoms with Crippen molar-refractivity contribution < 1.29 is 19.1 Å². The van der Waals surface area contributed by atoms with Crippen LogP contribution in [-0.4, -0.2) is 17.0 Å². The van der Waals surface area contributed by atoms with Gasteiger partial charge in [-0.2, -0.15) is 0 Å². The monoisotopic (exact) mass is 371 g/mol. The number of carbonyl (C=O) groups is 2. The maximum Gasteiger partial charge on any atom is 0.374 e. The summed E-state index contributed by atoms with van der Waals surface area (Å²) in [6.07, 6.45) is 3.16. The van der Waals surface area contributed by atoms with Crippen LogP contribution < -0.4 is 5.32 Å². The van der Waals surface area contributed by atoms with Gasteiger partial charge in [-0.25, -0.2) is 4.79 Å². The van der Waals surface area contributed by atoms with Crippen molar-refractivity contribution in [1.82, 2.24) is 0 Å². The van der Waals surface area contributed by atoms with Gasteiger partial charge in [0.2, 0.25) is 5.76 Å². The molecule has 134 valence electrons. The van der Waals surface area contributed by atoms with E-state index in [1.807, 2.05) is 12.1 Å². The van der Waals surface area contributed by atoms with Crippen LogP contribution in [0.1, 0.15) is 46.2 Å². The van der Waals surface area contributed by atoms with Gasteiger partial charge in [0.25, 0.3) is 5.91 Å². The third-order valence-electron chi connectivity index (χ3n) is 4.12. The minimum atomic E-state index is -1.26. The Hall–Kier alpha value is -2.79. The van der Waals surface area contributed by atoms with Gasteiger partial charge in [0.15, 0.2) is 0 Å². The van der Waals surface area contributed by atoms with Crippen molar-refractivity contribution in [3.63, 3.8) is 0 Å². The van der Waals surface area contributed by atoms with Gasteiger partial charge < -0.3 is 14.8 Å². The number of hydrogen-bond acceptors (Lipinski definition) is 3. The number of nitrogens with one attached hydrogen (secondary N) is 1. The van der Waals surface area contributed by atoms with E-state index >= 15 is 0 Å². The number of unbranched alkanes of at least 4 members (excludes halogenated alkanes) is 1. The number of halogens is 1. The third-order valence-corrected chi connectivity index (χ3v) is 4.35. The molecule has 1 aromatic heterocycles. The Morgan fingerprint density at radius 3 is 2.54 bits per heavy atom. The number of benzene rings is 2. The lowest BCUT2D eigenvalue weighted by molar-refractivity contribution is 0.0666. The molecule has 0 radical (unpaired) electrons. The molecule has 0 saturated heterocycles. The molecule has 6 heteroatoms. The summed E-state index contributed by atoms with van der Waals surface area (Å²) in [4.78, 5) is 24.0. The van der Waals surface area contributed by atoms with E-state index in [1.165, 1.54) is 0 Å². The summed E-state index contributed by atoms with van der Waals surface area (Å²) >= 11 is 5.99. The van der Waals surface area contributed by atoms with E-state index in [9.17, 15) is 14.7 Å². The molecule has 1 heterocycles. The van der Waals surface area contributed by atoms with Crippen molar-refractivity contribution in [2.75, 3.05) is 5.32 Å². The zero-order chi connectivity index (χ0) is 18.7. The molecule has 0 aliphatic carbocycles. The molecular weight excluding hydrogens is 354 g/mol. The van der Waals surface area contributed by atoms with Gasteiger partial charge in [-0.05, 0) is 48.7 Å². The van der Waals surface area contributed by atoms with Crippen molar-refractivity contribution in [1.29, 1.82) is 0 Å². The van der Waals surface area contributed by atoms with Gasteiger partial charge >= 0.3 is 5.97 Å². The molecule has 0 spiro atoms. The maximum absolute atomic E-state index is 12.6. The minimum Gasteiger partial charge on any atom is -0.475 e. The zero-order valence-corrected chi connectivity index (χ0v) is 15.0. The molecule has 3 aromatic rings. The third kappa shape index (κ3) is 3.73. The topological polar surface area (TPSA) is 79.5 Å². The van der Waals surface area contributed by atoms with E-state index in [-0.39, 0.29) is 11.4 Å². The number of carboxylic acid groups (broad SMARTS) is 1. The van der Waals surface area contributed by atoms with E-state index in [4.69, 9.17) is 16.0 Å². The van der Waals surface area contributed by atoms with Crippen LogP contribution in [0.5, 0.6) is 0 Å². The predicted octanol–water partition coefficient (Wildman–Crippen LogP) is 5.38. The number of aromatic carboxylic acids is 1. The van der Waals surface area contributed by atoms with Crippen molar-refractivity contribution in [2.24, 2.45) is 0 Å². The van der Waals surface area contributed by atoms with Gasteiger partial charge in [-0.3, -0.25) is 4.79 Å². The van der Waals surface area contributed by atoms with E-state index in [2.05, 4.69) is 12.2 Å². The lowest BCUT2D eigenvalue weighted by atomic mass is 10.1. The summed E-state index contributed by atoms with van der Waals surface area (Å²) in [6.45, 7) is 2.13. The van der Waals surface area contributed by atoms with E-state index in [0.717, 1.165) is 24.8 Å². The van der Waals surface area contributed by atoms with Gasteiger partial charge in [-0.15, -0.1) is 0 Å². The minimum absolute atomic E-state index is 0.107. The molecule has 0 fully saturated rings. The molecule has 0 saturated carbocycles. The first kappa shape index (κ1) is 18.0. The number of amides is 1. The molecule has 0 unspecified atom stereocenters. The fourth-order valence-electron chi connectivity index (χ4n) is 2.73. The van der Waals surface area contributed by atoms with Crippen molar-refractivity contribution in [3.8, 4) is 0 Å². The quantitative estimate of drug-likeness (QED) is 0.609. The summed E-state index contributed by atoms with van der Waals surface area (Å²) in [6, 6.07) is 12.0. The van der Waals surface area contributed by atoms with Crippen LogP contribution in [0, 0.1) is 0 Å². The number of carboxylic acids is 1. The molecular formula is C20H18ClNO4. The second kappa shape index (κ2) is 7.62. The van der Waals surface area contributed by atoms with E-state index in [1.54, 1.807) is 30.3 Å². The van der Waals surface area contributed by atoms with Crippen molar-refractivity contribution in [2.45, 2.75) is 26.2 Å². The fraction of sp³-hybridized carbons (Fsp3) is 0.200. The van der Waals surface area contributed by atoms with Crippen LogP contribution in [0.25, 0.3) is 11.0 Å². The smallest absolute Gasteiger partial charge is 0.374 e. The Kier molecular flexibility index (Phi) is 5.28. The average molecular weight is 372 g/mol. The molecule has 3 rings (SSSR count). The number of aryl methyl sites for hydroxylation is 1. The highest BCUT2D eigenvalue weighted by Gasteiger charge is 2.22. The first-order valence-corrected chi connectivity index (χ1v) is 8.73. The molecule has 1 amide bonds. The summed E-state index contributed by atoms with van der Waals surface area (Å²) in [5, 5.41) is 12.9. The average Bonchev–Trinajstić information content (AvgIpc) is 2.98. The van der Waals surface area contributed by atoms with Crippen LogP contribution in [0.2, 0.25) is 5.02 Å². The molecule has 0 aliphatic heterocycles. The molecule has 0 aliphatic rings. The number of carbonyl (C=O) groups excluding carboxylic acids is 1. The van der Waals surface area contributed by atoms with Crippen molar-refractivity contribution in [3.05, 3.63) is 64.4 Å². The standard InChI is InChI=1S/C20H18ClNO4/c1-2-3-4-12-5-7-13(8-6-12)19(23)22-17-15-11-14(21)9-10-16(15)26-18(17)20(24)25/h5-11H,2-4H2,1H3,(H,22,23)(H,24,25). The first-order valence-electron chi connectivity index (χ1n) is 8.35. The second-order valence-corrected chi connectivity index (χ2v) is 6.44. The van der Waals surface area contributed by atoms with Crippen molar-refractivity contribution >= 4 is 40.1 Å². The highest BCUT2D eigenvalue weighted by atomic mass is 35.5. The highest BCUT2D eigenvalue weighted by molar-refractivity contribution is 6.31. The van der Waals surface area contributed by atoms with E-state index in [0.29, 0.717) is 21.6 Å². The number of rotatable bonds is 6. The van der Waals surface area contributed by atoms with Crippen LogP contribution >= 0.6 is 11.6 Å². The fourth-order valence-corrected chi connectivity index (χ4v) is 2.91. The van der Waals surface area contributed by atoms with E-state index < -0.39 is 11.9 Å². The van der Waals surface area contributed by atoms with Crippen LogP contribution in [-0.2, 0) is 6.42 Å². The second-order valence-electron chi connectivity index (χ2n) is 6.01. The van der Waals surface area contributed by atoms with Crippen LogP contribution in [0.3, 0.4) is 0 Å². The molecule has 26 heavy (non-hydrogen) atoms. The Balaban J connectivity index is 1.90. The molecule has 5 nitrogen and oxygen atoms in total. The Morgan fingerprint density at radius 2 is 1.88 bits per heavy atom. The number of anilines is 1. The summed E-state index contributed by atoms with van der Waals surface area (Å²) in [5.74, 6) is -1.99. The van der Waals surface area contributed by atoms with Crippen LogP contribution in [0.4, 0.5) is 5.69 Å². The number of hydrogen-bond donors (Lipinski definition) is 2. The number of fused-ring (bicyclic) bond motifs is 1. The van der Waals surface area contributed by atoms with Gasteiger partial charge in [0, 0.05) is 16.0 Å². The number of furan rings is 1.